The number of aromatic amines is 1. The lowest BCUT2D eigenvalue weighted by atomic mass is 10.1. The number of rotatable bonds is 4. The first-order chi connectivity index (χ1) is 12.3. The number of nitrogens with one attached hydrogen (secondary N) is 1. The average Bonchev–Trinajstić information content (AvgIpc) is 2.96. The minimum atomic E-state index is -3.72. The molecule has 0 radical (unpaired) electrons. The Kier molecular flexibility index (Phi) is 5.52. The molecule has 2 aromatic rings. The zero-order valence-electron chi connectivity index (χ0n) is 14.1. The summed E-state index contributed by atoms with van der Waals surface area (Å²) in [5.74, 6) is -0.0492. The molecule has 1 saturated heterocycles. The Morgan fingerprint density at radius 1 is 1.19 bits per heavy atom. The highest BCUT2D eigenvalue weighted by atomic mass is 35.5. The van der Waals surface area contributed by atoms with Crippen molar-refractivity contribution in [3.63, 3.8) is 0 Å². The molecule has 3 rings (SSSR count). The van der Waals surface area contributed by atoms with Crippen molar-refractivity contribution in [3.05, 3.63) is 50.2 Å². The smallest absolute Gasteiger partial charge is 0.305 e. The maximum absolute atomic E-state index is 12.7. The van der Waals surface area contributed by atoms with Crippen molar-refractivity contribution in [2.75, 3.05) is 26.2 Å². The van der Waals surface area contributed by atoms with E-state index in [0.717, 1.165) is 5.56 Å². The molecule has 0 spiro atoms. The fraction of sp³-hybridized carbons (Fsp3) is 0.375. The lowest BCUT2D eigenvalue weighted by Crippen LogP contribution is -2.50. The van der Waals surface area contributed by atoms with E-state index in [1.165, 1.54) is 4.31 Å². The van der Waals surface area contributed by atoms with Crippen LogP contribution in [0.3, 0.4) is 0 Å². The van der Waals surface area contributed by atoms with E-state index in [4.69, 9.17) is 11.6 Å². The molecular formula is C16H18ClN3O4S2. The van der Waals surface area contributed by atoms with Crippen LogP contribution in [0.1, 0.15) is 11.3 Å². The van der Waals surface area contributed by atoms with E-state index >= 15 is 0 Å². The van der Waals surface area contributed by atoms with E-state index in [1.54, 1.807) is 36.1 Å². The molecule has 10 heteroatoms. The van der Waals surface area contributed by atoms with Gasteiger partial charge in [0.1, 0.15) is 0 Å². The second kappa shape index (κ2) is 7.51. The molecule has 26 heavy (non-hydrogen) atoms. The molecule has 1 N–H and O–H groups in total. The Bertz CT molecular complexity index is 958. The lowest BCUT2D eigenvalue weighted by Gasteiger charge is -2.33. The number of benzene rings is 1. The molecule has 0 saturated carbocycles. The number of carbonyl (C=O) groups excluding carboxylic acids is 1. The summed E-state index contributed by atoms with van der Waals surface area (Å²) in [6.45, 7) is 2.63. The van der Waals surface area contributed by atoms with Gasteiger partial charge >= 0.3 is 4.87 Å². The maximum Gasteiger partial charge on any atom is 0.305 e. The highest BCUT2D eigenvalue weighted by Crippen LogP contribution is 2.22. The third-order valence-corrected chi connectivity index (χ3v) is 7.95. The number of hydrogen-bond acceptors (Lipinski definition) is 5. The summed E-state index contributed by atoms with van der Waals surface area (Å²) < 4.78 is 26.7. The number of nitrogens with zero attached hydrogens (tertiary/aromatic N) is 2. The summed E-state index contributed by atoms with van der Waals surface area (Å²) in [5, 5.41) is 0.613. The second-order valence-corrected chi connectivity index (χ2v) is 9.57. The van der Waals surface area contributed by atoms with Crippen molar-refractivity contribution in [2.24, 2.45) is 0 Å². The van der Waals surface area contributed by atoms with Crippen LogP contribution in [0.25, 0.3) is 0 Å². The van der Waals surface area contributed by atoms with E-state index in [0.29, 0.717) is 35.1 Å². The molecule has 0 bridgehead atoms. The number of aromatic nitrogens is 1. The molecule has 2 heterocycles. The summed E-state index contributed by atoms with van der Waals surface area (Å²) >= 11 is 6.53. The van der Waals surface area contributed by atoms with E-state index in [2.05, 4.69) is 4.98 Å². The van der Waals surface area contributed by atoms with Gasteiger partial charge in [-0.15, -0.1) is 0 Å². The molecule has 1 aliphatic rings. The Hall–Kier alpha value is -1.68. The van der Waals surface area contributed by atoms with Gasteiger partial charge in [-0.1, -0.05) is 35.1 Å². The SMILES string of the molecule is Cc1[nH]c(=O)sc1S(=O)(=O)N1CCN(C(=O)Cc2ccc(Cl)cc2)CC1. The number of H-pyrrole nitrogens is 1. The molecule has 1 fully saturated rings. The molecule has 0 unspecified atom stereocenters. The fourth-order valence-electron chi connectivity index (χ4n) is 2.82. The number of thiazole rings is 1. The van der Waals surface area contributed by atoms with Crippen LogP contribution in [0, 0.1) is 6.92 Å². The first-order valence-corrected chi connectivity index (χ1v) is 10.6. The molecule has 140 valence electrons. The van der Waals surface area contributed by atoms with Crippen LogP contribution in [-0.4, -0.2) is 54.7 Å². The van der Waals surface area contributed by atoms with Gasteiger partial charge in [-0.2, -0.15) is 4.31 Å². The second-order valence-electron chi connectivity index (χ2n) is 6.02. The largest absolute Gasteiger partial charge is 0.340 e. The third kappa shape index (κ3) is 4.01. The number of amides is 1. The lowest BCUT2D eigenvalue weighted by molar-refractivity contribution is -0.131. The van der Waals surface area contributed by atoms with Crippen molar-refractivity contribution >= 4 is 38.9 Å². The number of carbonyl (C=O) groups is 1. The van der Waals surface area contributed by atoms with Gasteiger partial charge in [0, 0.05) is 36.9 Å². The summed E-state index contributed by atoms with van der Waals surface area (Å²) in [7, 11) is -3.72. The van der Waals surface area contributed by atoms with Crippen molar-refractivity contribution in [1.29, 1.82) is 0 Å². The first kappa shape index (κ1) is 19.1. The van der Waals surface area contributed by atoms with E-state index in [9.17, 15) is 18.0 Å². The quantitative estimate of drug-likeness (QED) is 0.818. The first-order valence-electron chi connectivity index (χ1n) is 7.99. The average molecular weight is 416 g/mol. The van der Waals surface area contributed by atoms with E-state index in [1.807, 2.05) is 0 Å². The molecular weight excluding hydrogens is 398 g/mol. The standard InChI is InChI=1S/C16H18ClN3O4S2/c1-11-15(25-16(22)18-11)26(23,24)20-8-6-19(7-9-20)14(21)10-12-2-4-13(17)5-3-12/h2-5H,6-10H2,1H3,(H,18,22). The molecule has 1 aromatic carbocycles. The van der Waals surface area contributed by atoms with Gasteiger partial charge < -0.3 is 9.88 Å². The van der Waals surface area contributed by atoms with Crippen LogP contribution < -0.4 is 4.87 Å². The number of piperazine rings is 1. The predicted octanol–water partition coefficient (Wildman–Crippen LogP) is 1.47. The normalized spacial score (nSPS) is 16.0. The van der Waals surface area contributed by atoms with E-state index in [-0.39, 0.29) is 29.6 Å². The highest BCUT2D eigenvalue weighted by molar-refractivity contribution is 7.91. The van der Waals surface area contributed by atoms with Gasteiger partial charge in [-0.25, -0.2) is 8.42 Å². The van der Waals surface area contributed by atoms with Crippen molar-refractivity contribution < 1.29 is 13.2 Å². The number of halogens is 1. The minimum Gasteiger partial charge on any atom is -0.340 e. The van der Waals surface area contributed by atoms with Crippen LogP contribution in [0.2, 0.25) is 5.02 Å². The molecule has 7 nitrogen and oxygen atoms in total. The number of sulfonamides is 1. The van der Waals surface area contributed by atoms with E-state index < -0.39 is 14.9 Å². The van der Waals surface area contributed by atoms with Crippen molar-refractivity contribution in [3.8, 4) is 0 Å². The monoisotopic (exact) mass is 415 g/mol. The maximum atomic E-state index is 12.7. The van der Waals surface area contributed by atoms with Crippen LogP contribution in [0.5, 0.6) is 0 Å². The minimum absolute atomic E-state index is 0.0449. The highest BCUT2D eigenvalue weighted by Gasteiger charge is 2.32. The molecule has 0 aliphatic carbocycles. The van der Waals surface area contributed by atoms with Crippen molar-refractivity contribution in [2.45, 2.75) is 17.6 Å². The number of hydrogen-bond donors (Lipinski definition) is 1. The summed E-state index contributed by atoms with van der Waals surface area (Å²) in [6, 6.07) is 7.08. The predicted molar refractivity (Wildman–Crippen MR) is 100 cm³/mol. The van der Waals surface area contributed by atoms with Gasteiger partial charge in [0.05, 0.1) is 6.42 Å². The Labute approximate surface area is 160 Å². The van der Waals surface area contributed by atoms with Crippen LogP contribution in [0.15, 0.2) is 33.3 Å². The van der Waals surface area contributed by atoms with Crippen molar-refractivity contribution in [1.82, 2.24) is 14.2 Å². The Morgan fingerprint density at radius 2 is 1.81 bits per heavy atom. The third-order valence-electron chi connectivity index (χ3n) is 4.22. The van der Waals surface area contributed by atoms with Gasteiger partial charge in [0.2, 0.25) is 5.91 Å². The summed E-state index contributed by atoms with van der Waals surface area (Å²) in [5.41, 5.74) is 1.21. The van der Waals surface area contributed by atoms with Crippen LogP contribution in [0.4, 0.5) is 0 Å². The summed E-state index contributed by atoms with van der Waals surface area (Å²) in [4.78, 5) is 27.6. The molecule has 1 amide bonds. The molecule has 1 aromatic heterocycles. The number of aryl methyl sites for hydroxylation is 1. The molecule has 1 aliphatic heterocycles. The van der Waals surface area contributed by atoms with Crippen LogP contribution in [-0.2, 0) is 21.2 Å². The zero-order valence-corrected chi connectivity index (χ0v) is 16.5. The Balaban J connectivity index is 1.63. The van der Waals surface area contributed by atoms with Gasteiger partial charge in [0.15, 0.2) is 4.21 Å². The van der Waals surface area contributed by atoms with Gasteiger partial charge in [-0.3, -0.25) is 9.59 Å². The van der Waals surface area contributed by atoms with Crippen LogP contribution >= 0.6 is 22.9 Å². The fourth-order valence-corrected chi connectivity index (χ4v) is 5.80. The zero-order chi connectivity index (χ0) is 18.9. The van der Waals surface area contributed by atoms with Gasteiger partial charge in [-0.05, 0) is 24.6 Å². The Morgan fingerprint density at radius 3 is 2.35 bits per heavy atom. The topological polar surface area (TPSA) is 90.5 Å². The molecule has 0 atom stereocenters. The van der Waals surface area contributed by atoms with Gasteiger partial charge in [0.25, 0.3) is 10.0 Å². The summed E-state index contributed by atoms with van der Waals surface area (Å²) in [6.07, 6.45) is 0.252.